The van der Waals surface area contributed by atoms with Crippen LogP contribution in [-0.2, 0) is 11.4 Å². The maximum Gasteiger partial charge on any atom is 0.337 e. The Morgan fingerprint density at radius 3 is 2.92 bits per heavy atom. The molecule has 126 valence electrons. The van der Waals surface area contributed by atoms with E-state index in [1.54, 1.807) is 16.8 Å². The Kier molecular flexibility index (Phi) is 3.91. The number of aryl methyl sites for hydroxylation is 1. The number of carbonyl (C=O) groups excluding carboxylic acids is 1. The predicted molar refractivity (Wildman–Crippen MR) is 83.1 cm³/mol. The molecule has 3 heterocycles. The van der Waals surface area contributed by atoms with E-state index in [4.69, 9.17) is 9.36 Å². The van der Waals surface area contributed by atoms with Crippen LogP contribution in [0, 0.1) is 6.92 Å². The Morgan fingerprint density at radius 1 is 1.33 bits per heavy atom. The predicted octanol–water partition coefficient (Wildman–Crippen LogP) is 1.96. The maximum atomic E-state index is 12.6. The maximum absolute atomic E-state index is 12.6. The summed E-state index contributed by atoms with van der Waals surface area (Å²) in [6.45, 7) is 2.78. The summed E-state index contributed by atoms with van der Waals surface area (Å²) in [5.74, 6) is 1.09. The van der Waals surface area contributed by atoms with Gasteiger partial charge in [0.1, 0.15) is 0 Å². The molecule has 2 aromatic rings. The first-order valence-electron chi connectivity index (χ1n) is 8.04. The Bertz CT molecular complexity index is 720. The Labute approximate surface area is 139 Å². The van der Waals surface area contributed by atoms with Crippen molar-refractivity contribution in [3.63, 3.8) is 0 Å². The second kappa shape index (κ2) is 6.21. The third-order valence-corrected chi connectivity index (χ3v) is 4.46. The largest absolute Gasteiger partial charge is 0.340 e. The smallest absolute Gasteiger partial charge is 0.337 e. The summed E-state index contributed by atoms with van der Waals surface area (Å²) in [6, 6.07) is 9.67. The first kappa shape index (κ1) is 15.1. The Hall–Kier alpha value is -2.45. The van der Waals surface area contributed by atoms with Crippen molar-refractivity contribution in [2.24, 2.45) is 0 Å². The number of fused-ring (bicyclic) bond motifs is 2. The third kappa shape index (κ3) is 2.74. The fourth-order valence-electron chi connectivity index (χ4n) is 3.26. The molecule has 8 heteroatoms. The van der Waals surface area contributed by atoms with Crippen molar-refractivity contribution in [1.82, 2.24) is 25.6 Å². The van der Waals surface area contributed by atoms with Crippen molar-refractivity contribution < 1.29 is 14.2 Å². The van der Waals surface area contributed by atoms with E-state index in [1.807, 2.05) is 30.3 Å². The van der Waals surface area contributed by atoms with Crippen LogP contribution in [0.3, 0.4) is 0 Å². The lowest BCUT2D eigenvalue weighted by atomic mass is 10.0. The first-order chi connectivity index (χ1) is 11.7. The minimum absolute atomic E-state index is 0.0949. The van der Waals surface area contributed by atoms with Crippen LogP contribution in [0.4, 0.5) is 4.79 Å². The number of urea groups is 1. The molecule has 0 radical (unpaired) electrons. The normalized spacial score (nSPS) is 23.1. The van der Waals surface area contributed by atoms with E-state index < -0.39 is 0 Å². The summed E-state index contributed by atoms with van der Waals surface area (Å²) in [6.07, 6.45) is 1.68. The quantitative estimate of drug-likeness (QED) is 0.844. The molecule has 1 aromatic heterocycles. The highest BCUT2D eigenvalue weighted by Gasteiger charge is 2.46. The number of hydrogen-bond donors (Lipinski definition) is 1. The van der Waals surface area contributed by atoms with E-state index in [2.05, 4.69) is 15.7 Å². The molecule has 2 fully saturated rings. The number of nitrogens with one attached hydrogen (secondary N) is 1. The summed E-state index contributed by atoms with van der Waals surface area (Å²) in [4.78, 5) is 24.2. The van der Waals surface area contributed by atoms with Gasteiger partial charge in [-0.1, -0.05) is 35.5 Å². The molecule has 2 bridgehead atoms. The first-order valence-corrected chi connectivity index (χ1v) is 8.04. The van der Waals surface area contributed by atoms with Crippen LogP contribution in [0.2, 0.25) is 0 Å². The van der Waals surface area contributed by atoms with Gasteiger partial charge < -0.3 is 9.42 Å². The summed E-state index contributed by atoms with van der Waals surface area (Å²) in [7, 11) is 0. The minimum atomic E-state index is -0.132. The average molecular weight is 329 g/mol. The minimum Gasteiger partial charge on any atom is -0.340 e. The monoisotopic (exact) mass is 329 g/mol. The van der Waals surface area contributed by atoms with Gasteiger partial charge in [-0.05, 0) is 18.4 Å². The lowest BCUT2D eigenvalue weighted by Crippen LogP contribution is -2.44. The van der Waals surface area contributed by atoms with Gasteiger partial charge in [0, 0.05) is 13.5 Å². The van der Waals surface area contributed by atoms with Crippen LogP contribution in [0.5, 0.6) is 0 Å². The third-order valence-electron chi connectivity index (χ3n) is 4.46. The molecule has 0 unspecified atom stereocenters. The molecule has 1 N–H and O–H groups in total. The highest BCUT2D eigenvalue weighted by atomic mass is 16.7. The number of carbonyl (C=O) groups is 1. The van der Waals surface area contributed by atoms with Crippen molar-refractivity contribution in [2.75, 3.05) is 6.54 Å². The Balaban J connectivity index is 1.39. The lowest BCUT2D eigenvalue weighted by Gasteiger charge is -2.27. The average Bonchev–Trinajstić information content (AvgIpc) is 3.13. The molecule has 2 amide bonds. The van der Waals surface area contributed by atoms with Crippen molar-refractivity contribution >= 4 is 6.03 Å². The van der Waals surface area contributed by atoms with Gasteiger partial charge in [0.05, 0.1) is 18.7 Å². The second-order valence-corrected chi connectivity index (χ2v) is 6.09. The van der Waals surface area contributed by atoms with E-state index in [0.29, 0.717) is 24.9 Å². The number of hydrazine groups is 1. The molecular formula is C16H19N5O3. The molecule has 0 spiro atoms. The molecule has 2 atom stereocenters. The van der Waals surface area contributed by atoms with Gasteiger partial charge in [0.25, 0.3) is 0 Å². The van der Waals surface area contributed by atoms with Gasteiger partial charge in [-0.3, -0.25) is 4.84 Å². The summed E-state index contributed by atoms with van der Waals surface area (Å²) in [5, 5.41) is 5.53. The van der Waals surface area contributed by atoms with Crippen LogP contribution in [0.15, 0.2) is 34.9 Å². The van der Waals surface area contributed by atoms with Crippen molar-refractivity contribution in [2.45, 2.75) is 38.5 Å². The van der Waals surface area contributed by atoms with E-state index in [1.165, 1.54) is 0 Å². The van der Waals surface area contributed by atoms with E-state index in [-0.39, 0.29) is 18.1 Å². The van der Waals surface area contributed by atoms with Gasteiger partial charge >= 0.3 is 6.03 Å². The van der Waals surface area contributed by atoms with E-state index in [9.17, 15) is 4.79 Å². The number of amides is 2. The zero-order chi connectivity index (χ0) is 16.5. The molecule has 0 aliphatic carbocycles. The second-order valence-electron chi connectivity index (χ2n) is 6.09. The number of hydrogen-bond acceptors (Lipinski definition) is 6. The lowest BCUT2D eigenvalue weighted by molar-refractivity contribution is -0.0772. The summed E-state index contributed by atoms with van der Waals surface area (Å²) in [5.41, 5.74) is 3.85. The zero-order valence-electron chi connectivity index (χ0n) is 13.4. The highest BCUT2D eigenvalue weighted by molar-refractivity contribution is 5.77. The molecular weight excluding hydrogens is 310 g/mol. The van der Waals surface area contributed by atoms with Crippen LogP contribution in [0.1, 0.15) is 36.2 Å². The van der Waals surface area contributed by atoms with Crippen molar-refractivity contribution in [1.29, 1.82) is 0 Å². The number of nitrogens with zero attached hydrogens (tertiary/aromatic N) is 4. The molecule has 1 aromatic carbocycles. The molecule has 24 heavy (non-hydrogen) atoms. The number of piperidine rings is 1. The van der Waals surface area contributed by atoms with Crippen molar-refractivity contribution in [3.05, 3.63) is 47.6 Å². The van der Waals surface area contributed by atoms with Crippen LogP contribution in [-0.4, -0.2) is 38.7 Å². The SMILES string of the molecule is Cc1nc([C@H]2CC[C@@H]3CN2C(=O)N3NOCc2ccccc2)no1. The molecule has 2 aliphatic heterocycles. The highest BCUT2D eigenvalue weighted by Crippen LogP contribution is 2.36. The fourth-order valence-corrected chi connectivity index (χ4v) is 3.26. The molecule has 0 saturated carbocycles. The standard InChI is InChI=1S/C16H19N5O3/c1-11-17-15(18-24-11)14-8-7-13-9-20(14)16(22)21(13)19-23-10-12-5-3-2-4-6-12/h2-6,13-14,19H,7-10H2,1H3/t13-,14-/m1/s1. The molecule has 2 aliphatic rings. The summed E-state index contributed by atoms with van der Waals surface area (Å²) >= 11 is 0. The van der Waals surface area contributed by atoms with Gasteiger partial charge in [-0.25, -0.2) is 9.80 Å². The topological polar surface area (TPSA) is 83.7 Å². The van der Waals surface area contributed by atoms with Gasteiger partial charge in [0.15, 0.2) is 5.82 Å². The van der Waals surface area contributed by atoms with Gasteiger partial charge in [-0.15, -0.1) is 5.59 Å². The van der Waals surface area contributed by atoms with Crippen LogP contribution < -0.4 is 5.59 Å². The molecule has 2 saturated heterocycles. The number of rotatable bonds is 5. The Morgan fingerprint density at radius 2 is 2.17 bits per heavy atom. The van der Waals surface area contributed by atoms with Gasteiger partial charge in [-0.2, -0.15) is 4.98 Å². The van der Waals surface area contributed by atoms with Crippen molar-refractivity contribution in [3.8, 4) is 0 Å². The van der Waals surface area contributed by atoms with Crippen LogP contribution in [0.25, 0.3) is 0 Å². The zero-order valence-corrected chi connectivity index (χ0v) is 13.4. The number of aromatic nitrogens is 2. The summed E-state index contributed by atoms with van der Waals surface area (Å²) < 4.78 is 5.05. The van der Waals surface area contributed by atoms with Crippen LogP contribution >= 0.6 is 0 Å². The fraction of sp³-hybridized carbons (Fsp3) is 0.438. The molecule has 4 rings (SSSR count). The number of benzene rings is 1. The van der Waals surface area contributed by atoms with E-state index in [0.717, 1.165) is 18.4 Å². The molecule has 8 nitrogen and oxygen atoms in total. The van der Waals surface area contributed by atoms with E-state index >= 15 is 0 Å². The van der Waals surface area contributed by atoms with Gasteiger partial charge in [0.2, 0.25) is 5.89 Å².